The molecule has 0 spiro atoms. The predicted molar refractivity (Wildman–Crippen MR) is 161 cm³/mol. The third-order valence-corrected chi connectivity index (χ3v) is 6.46. The van der Waals surface area contributed by atoms with E-state index in [1.807, 2.05) is 61.8 Å². The Balaban J connectivity index is 0.000000210. The van der Waals surface area contributed by atoms with Gasteiger partial charge in [-0.25, -0.2) is 0 Å². The number of hydrogen-bond acceptors (Lipinski definition) is 2. The summed E-state index contributed by atoms with van der Waals surface area (Å²) in [5, 5.41) is 0. The predicted octanol–water partition coefficient (Wildman–Crippen LogP) is 8.97. The molecule has 0 aliphatic rings. The topological polar surface area (TPSA) is 25.8 Å². The quantitative estimate of drug-likeness (QED) is 0.169. The van der Waals surface area contributed by atoms with Gasteiger partial charge >= 0.3 is 0 Å². The second kappa shape index (κ2) is 14.3. The Bertz CT molecular complexity index is 1550. The Morgan fingerprint density at radius 3 is 1.93 bits per heavy atom. The van der Waals surface area contributed by atoms with Crippen LogP contribution in [0.4, 0.5) is 0 Å². The minimum Gasteiger partial charge on any atom is -0.305 e. The fourth-order valence-electron chi connectivity index (χ4n) is 4.34. The van der Waals surface area contributed by atoms with Gasteiger partial charge in [0.1, 0.15) is 0 Å². The second-order valence-electron chi connectivity index (χ2n) is 9.53. The van der Waals surface area contributed by atoms with E-state index in [-0.39, 0.29) is 20.1 Å². The molecule has 3 heteroatoms. The molecule has 2 heterocycles. The zero-order valence-corrected chi connectivity index (χ0v) is 25.0. The maximum Gasteiger partial charge on any atom is 0.0190 e. The fourth-order valence-corrected chi connectivity index (χ4v) is 4.34. The molecule has 0 aliphatic heterocycles. The van der Waals surface area contributed by atoms with Gasteiger partial charge in [-0.2, -0.15) is 0 Å². The van der Waals surface area contributed by atoms with Crippen LogP contribution >= 0.6 is 0 Å². The van der Waals surface area contributed by atoms with Gasteiger partial charge in [-0.05, 0) is 41.9 Å². The molecule has 6 rings (SSSR count). The molecule has 199 valence electrons. The first kappa shape index (κ1) is 28.8. The molecule has 6 aromatic rings. The summed E-state index contributed by atoms with van der Waals surface area (Å²) in [5.74, 6) is 0. The Morgan fingerprint density at radius 1 is 0.600 bits per heavy atom. The van der Waals surface area contributed by atoms with Crippen molar-refractivity contribution in [2.45, 2.75) is 20.3 Å². The van der Waals surface area contributed by atoms with E-state index >= 15 is 0 Å². The molecule has 1 radical (unpaired) electrons. The van der Waals surface area contributed by atoms with Crippen molar-refractivity contribution in [3.8, 4) is 33.6 Å². The van der Waals surface area contributed by atoms with Crippen LogP contribution in [0.5, 0.6) is 0 Å². The van der Waals surface area contributed by atoms with Crippen molar-refractivity contribution >= 4 is 0 Å². The summed E-state index contributed by atoms with van der Waals surface area (Å²) in [5.41, 5.74) is 11.5. The summed E-state index contributed by atoms with van der Waals surface area (Å²) in [6.45, 7) is 4.10. The first-order valence-corrected chi connectivity index (χ1v) is 13.1. The summed E-state index contributed by atoms with van der Waals surface area (Å²) in [6.07, 6.45) is 4.59. The molecular formula is C37H30IrN2-2. The smallest absolute Gasteiger partial charge is 0.0190 e. The fraction of sp³-hybridized carbons (Fsp3) is 0.0811. The Hall–Kier alpha value is -4.17. The molecule has 0 unspecified atom stereocenters. The molecule has 0 amide bonds. The number of pyridine rings is 2. The summed E-state index contributed by atoms with van der Waals surface area (Å²) in [4.78, 5) is 8.82. The van der Waals surface area contributed by atoms with Gasteiger partial charge in [-0.1, -0.05) is 103 Å². The van der Waals surface area contributed by atoms with Crippen LogP contribution in [0.25, 0.3) is 33.6 Å². The molecular weight excluding hydrogens is 665 g/mol. The van der Waals surface area contributed by atoms with Crippen molar-refractivity contribution in [2.24, 2.45) is 0 Å². The van der Waals surface area contributed by atoms with Crippen molar-refractivity contribution in [3.05, 3.63) is 168 Å². The Labute approximate surface area is 251 Å². The number of aryl methyl sites for hydroxylation is 2. The Kier molecular flexibility index (Phi) is 10.3. The number of hydrogen-bond donors (Lipinski definition) is 0. The van der Waals surface area contributed by atoms with E-state index in [0.29, 0.717) is 0 Å². The van der Waals surface area contributed by atoms with Gasteiger partial charge in [-0.3, -0.25) is 0 Å². The third-order valence-electron chi connectivity index (χ3n) is 6.46. The standard InChI is InChI=1S/C24H18N.C13H12N.Ir/c1-3-9-19(10-4-1)17-22-18-21(24-13-7-8-16-25-24)14-15-23(22)20-11-5-2-6-12-20;1-10-3-6-12(7-4-10)13-8-5-11(2)9-14-13;/h1-13,15-16,18H,17H2;3-6,8-9H,1-2H3;/q2*-1;. The van der Waals surface area contributed by atoms with Crippen molar-refractivity contribution in [1.29, 1.82) is 0 Å². The third kappa shape index (κ3) is 7.70. The summed E-state index contributed by atoms with van der Waals surface area (Å²) in [7, 11) is 0. The second-order valence-corrected chi connectivity index (χ2v) is 9.53. The van der Waals surface area contributed by atoms with Crippen LogP contribution in [0, 0.1) is 26.0 Å². The molecule has 0 N–H and O–H groups in total. The van der Waals surface area contributed by atoms with E-state index in [2.05, 4.69) is 108 Å². The minimum absolute atomic E-state index is 0. The van der Waals surface area contributed by atoms with Gasteiger partial charge in [-0.15, -0.1) is 64.7 Å². The SMILES string of the molecule is Cc1c[c-]c(-c2ccc(C)cn2)cc1.[Ir].[c-]1cc(-c2ccccc2)c(Cc2ccccc2)cc1-c1ccccn1. The largest absolute Gasteiger partial charge is 0.305 e. The number of benzene rings is 4. The summed E-state index contributed by atoms with van der Waals surface area (Å²) in [6, 6.07) is 48.2. The van der Waals surface area contributed by atoms with E-state index in [4.69, 9.17) is 0 Å². The van der Waals surface area contributed by atoms with Gasteiger partial charge in [0.05, 0.1) is 0 Å². The van der Waals surface area contributed by atoms with Crippen LogP contribution in [0.2, 0.25) is 0 Å². The zero-order valence-electron chi connectivity index (χ0n) is 22.6. The average molecular weight is 695 g/mol. The normalized spacial score (nSPS) is 10.2. The summed E-state index contributed by atoms with van der Waals surface area (Å²) < 4.78 is 0. The maximum atomic E-state index is 4.47. The van der Waals surface area contributed by atoms with Crippen molar-refractivity contribution in [2.75, 3.05) is 0 Å². The molecule has 2 aromatic heterocycles. The molecule has 0 saturated heterocycles. The molecule has 2 nitrogen and oxygen atoms in total. The average Bonchev–Trinajstić information content (AvgIpc) is 3.00. The minimum atomic E-state index is 0. The van der Waals surface area contributed by atoms with Gasteiger partial charge in [0, 0.05) is 32.5 Å². The number of aromatic nitrogens is 2. The van der Waals surface area contributed by atoms with Crippen LogP contribution in [0.3, 0.4) is 0 Å². The van der Waals surface area contributed by atoms with E-state index in [0.717, 1.165) is 28.9 Å². The molecule has 40 heavy (non-hydrogen) atoms. The Morgan fingerprint density at radius 2 is 1.27 bits per heavy atom. The molecule has 0 bridgehead atoms. The van der Waals surface area contributed by atoms with Crippen LogP contribution in [0.15, 0.2) is 134 Å². The zero-order chi connectivity index (χ0) is 26.9. The van der Waals surface area contributed by atoms with Gasteiger partial charge < -0.3 is 9.97 Å². The van der Waals surface area contributed by atoms with E-state index in [1.54, 1.807) is 0 Å². The number of rotatable bonds is 5. The van der Waals surface area contributed by atoms with Gasteiger partial charge in [0.25, 0.3) is 0 Å². The maximum absolute atomic E-state index is 4.47. The van der Waals surface area contributed by atoms with E-state index in [9.17, 15) is 0 Å². The van der Waals surface area contributed by atoms with Gasteiger partial charge in [0.2, 0.25) is 0 Å². The van der Waals surface area contributed by atoms with Crippen LogP contribution < -0.4 is 0 Å². The van der Waals surface area contributed by atoms with Gasteiger partial charge in [0.15, 0.2) is 0 Å². The van der Waals surface area contributed by atoms with Crippen molar-refractivity contribution < 1.29 is 20.1 Å². The molecule has 0 atom stereocenters. The molecule has 4 aromatic carbocycles. The van der Waals surface area contributed by atoms with Crippen molar-refractivity contribution in [1.82, 2.24) is 9.97 Å². The molecule has 0 fully saturated rings. The monoisotopic (exact) mass is 695 g/mol. The van der Waals surface area contributed by atoms with E-state index < -0.39 is 0 Å². The van der Waals surface area contributed by atoms with Crippen LogP contribution in [-0.2, 0) is 26.5 Å². The summed E-state index contributed by atoms with van der Waals surface area (Å²) >= 11 is 0. The molecule has 0 aliphatic carbocycles. The first-order chi connectivity index (χ1) is 19.2. The number of nitrogens with zero attached hydrogens (tertiary/aromatic N) is 2. The first-order valence-electron chi connectivity index (χ1n) is 13.1. The van der Waals surface area contributed by atoms with Crippen LogP contribution in [-0.4, -0.2) is 9.97 Å². The molecule has 0 saturated carbocycles. The van der Waals surface area contributed by atoms with E-state index in [1.165, 1.54) is 33.4 Å². The van der Waals surface area contributed by atoms with Crippen molar-refractivity contribution in [3.63, 3.8) is 0 Å². The van der Waals surface area contributed by atoms with Crippen LogP contribution in [0.1, 0.15) is 22.3 Å².